The van der Waals surface area contributed by atoms with E-state index in [0.717, 1.165) is 29.9 Å². The summed E-state index contributed by atoms with van der Waals surface area (Å²) in [6, 6.07) is 7.76. The number of ether oxygens (including phenoxy) is 1. The number of piperidine rings is 1. The van der Waals surface area contributed by atoms with Gasteiger partial charge in [0.1, 0.15) is 11.9 Å². The van der Waals surface area contributed by atoms with Gasteiger partial charge in [-0.2, -0.15) is 0 Å². The minimum atomic E-state index is -0.616. The van der Waals surface area contributed by atoms with Crippen LogP contribution in [0.5, 0.6) is 0 Å². The molecule has 4 rings (SSSR count). The maximum Gasteiger partial charge on any atom is 0.407 e. The molecule has 0 spiro atoms. The van der Waals surface area contributed by atoms with Gasteiger partial charge in [0.15, 0.2) is 0 Å². The number of methoxy groups -OCH3 is 1. The Kier molecular flexibility index (Phi) is 5.54. The summed E-state index contributed by atoms with van der Waals surface area (Å²) in [5.41, 5.74) is 2.01. The summed E-state index contributed by atoms with van der Waals surface area (Å²) in [5.74, 6) is 1.22. The molecule has 2 aromatic rings. The molecule has 1 aromatic carbocycles. The number of H-pyrrole nitrogens is 1. The lowest BCUT2D eigenvalue weighted by Crippen LogP contribution is -2.52. The van der Waals surface area contributed by atoms with Gasteiger partial charge in [0.05, 0.1) is 25.0 Å². The second kappa shape index (κ2) is 7.97. The molecule has 7 nitrogen and oxygen atoms in total. The van der Waals surface area contributed by atoms with Crippen LogP contribution in [0.1, 0.15) is 38.6 Å². The first-order valence-corrected chi connectivity index (χ1v) is 10.9. The van der Waals surface area contributed by atoms with Crippen LogP contribution in [0.4, 0.5) is 4.79 Å². The first-order chi connectivity index (χ1) is 13.9. The van der Waals surface area contributed by atoms with Gasteiger partial charge in [-0.25, -0.2) is 9.78 Å². The number of likely N-dealkylation sites (tertiary alicyclic amines) is 1. The van der Waals surface area contributed by atoms with Crippen molar-refractivity contribution in [2.75, 3.05) is 7.11 Å². The van der Waals surface area contributed by atoms with E-state index in [0.29, 0.717) is 5.92 Å². The van der Waals surface area contributed by atoms with Gasteiger partial charge in [-0.05, 0) is 65.0 Å². The second-order valence-corrected chi connectivity index (χ2v) is 9.35. The Bertz CT molecular complexity index is 911. The predicted octanol–water partition coefficient (Wildman–Crippen LogP) is 3.72. The van der Waals surface area contributed by atoms with Crippen molar-refractivity contribution in [3.05, 3.63) is 39.9 Å². The number of halogens is 1. The van der Waals surface area contributed by atoms with E-state index in [1.165, 1.54) is 10.7 Å². The van der Waals surface area contributed by atoms with Crippen molar-refractivity contribution >= 4 is 34.6 Å². The van der Waals surface area contributed by atoms with Gasteiger partial charge in [0.25, 0.3) is 0 Å². The highest BCUT2D eigenvalue weighted by Gasteiger charge is 2.56. The molecule has 1 aliphatic carbocycles. The van der Waals surface area contributed by atoms with Crippen LogP contribution >= 0.6 is 22.6 Å². The Morgan fingerprint density at radius 1 is 1.28 bits per heavy atom. The quantitative estimate of drug-likeness (QED) is 0.603. The Balaban J connectivity index is 1.57. The largest absolute Gasteiger partial charge is 0.453 e. The number of fused-ring (bicyclic) bond motifs is 1. The van der Waals surface area contributed by atoms with Crippen molar-refractivity contribution in [2.45, 2.75) is 44.8 Å². The summed E-state index contributed by atoms with van der Waals surface area (Å²) in [6.07, 6.45) is 3.17. The molecule has 2 aliphatic rings. The van der Waals surface area contributed by atoms with Crippen LogP contribution < -0.4 is 5.32 Å². The van der Waals surface area contributed by atoms with E-state index in [1.807, 2.05) is 24.9 Å². The van der Waals surface area contributed by atoms with Crippen molar-refractivity contribution < 1.29 is 14.3 Å². The zero-order valence-electron chi connectivity index (χ0n) is 16.7. The van der Waals surface area contributed by atoms with Crippen LogP contribution in [0.2, 0.25) is 0 Å². The molecule has 2 amide bonds. The summed E-state index contributed by atoms with van der Waals surface area (Å²) in [6.45, 7) is 3.85. The van der Waals surface area contributed by atoms with Crippen molar-refractivity contribution in [3.8, 4) is 11.3 Å². The number of carbonyl (C=O) groups excluding carboxylic acids is 2. The first kappa shape index (κ1) is 20.2. The maximum absolute atomic E-state index is 13.4. The minimum absolute atomic E-state index is 0.0426. The molecule has 2 fully saturated rings. The summed E-state index contributed by atoms with van der Waals surface area (Å²) >= 11 is 2.28. The van der Waals surface area contributed by atoms with Crippen molar-refractivity contribution in [3.63, 3.8) is 0 Å². The van der Waals surface area contributed by atoms with Crippen molar-refractivity contribution in [2.24, 2.45) is 11.8 Å². The molecule has 1 saturated heterocycles. The number of aromatic amines is 1. The highest BCUT2D eigenvalue weighted by molar-refractivity contribution is 14.1. The molecule has 154 valence electrons. The second-order valence-electron chi connectivity index (χ2n) is 8.11. The highest BCUT2D eigenvalue weighted by Crippen LogP contribution is 2.53. The summed E-state index contributed by atoms with van der Waals surface area (Å²) in [7, 11) is 1.31. The summed E-state index contributed by atoms with van der Waals surface area (Å²) < 4.78 is 5.89. The third-order valence-corrected chi connectivity index (χ3v) is 6.54. The lowest BCUT2D eigenvalue weighted by molar-refractivity contribution is -0.136. The number of nitrogens with zero attached hydrogens (tertiary/aromatic N) is 2. The molecular weight excluding hydrogens is 483 g/mol. The van der Waals surface area contributed by atoms with Gasteiger partial charge in [-0.1, -0.05) is 26.0 Å². The molecular formula is C21H25IN4O3. The van der Waals surface area contributed by atoms with Crippen LogP contribution in [0, 0.1) is 15.4 Å². The van der Waals surface area contributed by atoms with Gasteiger partial charge in [-0.15, -0.1) is 0 Å². The number of hydrogen-bond acceptors (Lipinski definition) is 4. The van der Waals surface area contributed by atoms with Gasteiger partial charge in [0, 0.05) is 9.61 Å². The Hall–Kier alpha value is -2.10. The van der Waals surface area contributed by atoms with Crippen LogP contribution in [0.3, 0.4) is 0 Å². The molecule has 4 atom stereocenters. The van der Waals surface area contributed by atoms with Crippen molar-refractivity contribution in [1.29, 1.82) is 0 Å². The number of aromatic nitrogens is 2. The molecule has 2 heterocycles. The maximum atomic E-state index is 13.4. The zero-order chi connectivity index (χ0) is 20.7. The zero-order valence-corrected chi connectivity index (χ0v) is 18.8. The van der Waals surface area contributed by atoms with Crippen LogP contribution in [-0.2, 0) is 9.53 Å². The molecule has 1 saturated carbocycles. The molecule has 8 heteroatoms. The summed E-state index contributed by atoms with van der Waals surface area (Å²) in [4.78, 5) is 35.1. The van der Waals surface area contributed by atoms with E-state index < -0.39 is 12.1 Å². The van der Waals surface area contributed by atoms with Gasteiger partial charge >= 0.3 is 6.09 Å². The normalized spacial score (nSPS) is 23.6. The number of carbonyl (C=O) groups is 2. The fourth-order valence-electron chi connectivity index (χ4n) is 4.16. The number of benzene rings is 1. The van der Waals surface area contributed by atoms with Crippen LogP contribution in [0.15, 0.2) is 30.5 Å². The van der Waals surface area contributed by atoms with E-state index in [-0.39, 0.29) is 23.9 Å². The van der Waals surface area contributed by atoms with E-state index in [1.54, 1.807) is 0 Å². The van der Waals surface area contributed by atoms with Gasteiger partial charge in [-0.3, -0.25) is 4.79 Å². The number of imidazole rings is 1. The first-order valence-electron chi connectivity index (χ1n) is 9.86. The molecule has 29 heavy (non-hydrogen) atoms. The Morgan fingerprint density at radius 3 is 2.66 bits per heavy atom. The molecule has 1 aliphatic heterocycles. The van der Waals surface area contributed by atoms with E-state index in [9.17, 15) is 9.59 Å². The lowest BCUT2D eigenvalue weighted by Gasteiger charge is -2.31. The van der Waals surface area contributed by atoms with E-state index in [2.05, 4.69) is 62.1 Å². The Labute approximate surface area is 183 Å². The standard InChI is InChI=1S/C21H25IN4O3/c1-11(2)18(25-21(28)29-3)20(27)26-16-8-13(16)9-17(26)19-23-10-15(24-19)12-4-6-14(22)7-5-12/h4-7,10-11,13,16-18H,8-9H2,1-3H3,(H,23,24)(H,25,28)/t13-,16-,17+,18+/m1/s1. The third-order valence-electron chi connectivity index (χ3n) is 5.82. The molecule has 1 aromatic heterocycles. The summed E-state index contributed by atoms with van der Waals surface area (Å²) in [5, 5.41) is 2.71. The number of amides is 2. The van der Waals surface area contributed by atoms with E-state index in [4.69, 9.17) is 4.74 Å². The molecule has 0 bridgehead atoms. The average Bonchev–Trinajstić information content (AvgIpc) is 3.14. The molecule has 2 N–H and O–H groups in total. The van der Waals surface area contributed by atoms with Crippen LogP contribution in [0.25, 0.3) is 11.3 Å². The SMILES string of the molecule is COC(=O)N[C@H](C(=O)N1[C@@H]2C[C@@H]2C[C@H]1c1ncc(-c2ccc(I)cc2)[nH]1)C(C)C. The molecule has 0 unspecified atom stereocenters. The number of hydrogen-bond donors (Lipinski definition) is 2. The number of nitrogens with one attached hydrogen (secondary N) is 2. The molecule has 0 radical (unpaired) electrons. The highest BCUT2D eigenvalue weighted by atomic mass is 127. The van der Waals surface area contributed by atoms with Crippen LogP contribution in [-0.4, -0.2) is 46.1 Å². The van der Waals surface area contributed by atoms with E-state index >= 15 is 0 Å². The number of alkyl carbamates (subject to hydrolysis) is 1. The fraction of sp³-hybridized carbons (Fsp3) is 0.476. The topological polar surface area (TPSA) is 87.3 Å². The number of rotatable bonds is 5. The third kappa shape index (κ3) is 3.99. The average molecular weight is 508 g/mol. The van der Waals surface area contributed by atoms with Crippen molar-refractivity contribution in [1.82, 2.24) is 20.2 Å². The van der Waals surface area contributed by atoms with Gasteiger partial charge < -0.3 is 19.9 Å². The monoisotopic (exact) mass is 508 g/mol. The predicted molar refractivity (Wildman–Crippen MR) is 117 cm³/mol. The van der Waals surface area contributed by atoms with Gasteiger partial charge in [0.2, 0.25) is 5.91 Å². The smallest absolute Gasteiger partial charge is 0.407 e. The fourth-order valence-corrected chi connectivity index (χ4v) is 4.52. The Morgan fingerprint density at radius 2 is 2.00 bits per heavy atom. The lowest BCUT2D eigenvalue weighted by atomic mass is 10.0. The minimum Gasteiger partial charge on any atom is -0.453 e.